The number of nitrogens with zero attached hydrogens (tertiary/aromatic N) is 7. The Morgan fingerprint density at radius 2 is 2.14 bits per heavy atom. The Morgan fingerprint density at radius 3 is 2.83 bits per heavy atom. The molecule has 13 heteroatoms. The van der Waals surface area contributed by atoms with Gasteiger partial charge in [-0.3, -0.25) is 4.79 Å². The first-order chi connectivity index (χ1) is 16.7. The van der Waals surface area contributed by atoms with Gasteiger partial charge in [-0.1, -0.05) is 11.3 Å². The molecule has 1 saturated heterocycles. The lowest BCUT2D eigenvalue weighted by molar-refractivity contribution is -0.129. The first-order valence-electron chi connectivity index (χ1n) is 11.0. The normalized spacial score (nSPS) is 18.3. The number of halogens is 3. The van der Waals surface area contributed by atoms with Gasteiger partial charge in [-0.2, -0.15) is 4.98 Å². The highest BCUT2D eigenvalue weighted by atomic mass is 19.3. The molecule has 3 aromatic heterocycles. The van der Waals surface area contributed by atoms with Crippen molar-refractivity contribution in [2.75, 3.05) is 32.2 Å². The minimum absolute atomic E-state index is 0.0546. The van der Waals surface area contributed by atoms with Crippen LogP contribution in [0.1, 0.15) is 19.9 Å². The van der Waals surface area contributed by atoms with Crippen molar-refractivity contribution < 1.29 is 22.7 Å². The fourth-order valence-electron chi connectivity index (χ4n) is 4.25. The third-order valence-corrected chi connectivity index (χ3v) is 6.16. The average Bonchev–Trinajstić information content (AvgIpc) is 3.53. The van der Waals surface area contributed by atoms with Crippen molar-refractivity contribution in [2.24, 2.45) is 0 Å². The maximum absolute atomic E-state index is 14.5. The average molecular weight is 488 g/mol. The van der Waals surface area contributed by atoms with Gasteiger partial charge in [0.1, 0.15) is 23.7 Å². The van der Waals surface area contributed by atoms with Crippen molar-refractivity contribution in [3.8, 4) is 17.0 Å². The number of carbonyl (C=O) groups is 1. The second-order valence-corrected chi connectivity index (χ2v) is 8.57. The largest absolute Gasteiger partial charge is 0.479 e. The number of amides is 1. The van der Waals surface area contributed by atoms with E-state index in [1.807, 2.05) is 12.1 Å². The minimum Gasteiger partial charge on any atom is -0.479 e. The Morgan fingerprint density at radius 1 is 1.34 bits per heavy atom. The SMILES string of the molecule is COc1nc(N[C@@H]2CN(C(C)=O)CC2(F)F)nn2ccc(-c3ccc4nnn([C@@H](C)CF)c4c3)c12. The second-order valence-electron chi connectivity index (χ2n) is 8.57. The van der Waals surface area contributed by atoms with Crippen molar-refractivity contribution >= 4 is 28.4 Å². The number of methoxy groups -OCH3 is 1. The van der Waals surface area contributed by atoms with Crippen molar-refractivity contribution in [3.05, 3.63) is 30.5 Å². The highest BCUT2D eigenvalue weighted by Crippen LogP contribution is 2.34. The molecule has 4 heterocycles. The van der Waals surface area contributed by atoms with Gasteiger partial charge in [-0.15, -0.1) is 10.2 Å². The van der Waals surface area contributed by atoms with Gasteiger partial charge in [0.25, 0.3) is 5.92 Å². The van der Waals surface area contributed by atoms with E-state index in [9.17, 15) is 18.0 Å². The Hall–Kier alpha value is -3.90. The van der Waals surface area contributed by atoms with Crippen LogP contribution < -0.4 is 10.1 Å². The van der Waals surface area contributed by atoms with Crippen LogP contribution in [0.2, 0.25) is 0 Å². The Balaban J connectivity index is 1.52. The van der Waals surface area contributed by atoms with Crippen LogP contribution in [-0.2, 0) is 4.79 Å². The summed E-state index contributed by atoms with van der Waals surface area (Å²) in [6, 6.07) is 5.47. The smallest absolute Gasteiger partial charge is 0.286 e. The van der Waals surface area contributed by atoms with Crippen LogP contribution in [-0.4, -0.2) is 79.2 Å². The standard InChI is InChI=1S/C22H23F3N8O2/c1-12(9-23)33-17-8-14(4-5-16(17)28-30-33)15-6-7-32-19(15)20(35-3)27-21(29-32)26-18-10-31(13(2)34)11-22(18,24)25/h4-8,12,18H,9-11H2,1-3H3,(H,26,29)/t12-,18+/m0/s1. The van der Waals surface area contributed by atoms with Gasteiger partial charge < -0.3 is 15.0 Å². The maximum atomic E-state index is 14.5. The van der Waals surface area contributed by atoms with E-state index < -0.39 is 37.1 Å². The number of hydrogen-bond donors (Lipinski definition) is 1. The van der Waals surface area contributed by atoms with E-state index >= 15 is 0 Å². The second kappa shape index (κ2) is 8.40. The molecule has 0 bridgehead atoms. The first kappa shape index (κ1) is 22.9. The monoisotopic (exact) mass is 488 g/mol. The van der Waals surface area contributed by atoms with E-state index in [0.29, 0.717) is 16.6 Å². The number of fused-ring (bicyclic) bond motifs is 2. The molecule has 35 heavy (non-hydrogen) atoms. The predicted octanol–water partition coefficient (Wildman–Crippen LogP) is 2.96. The zero-order valence-electron chi connectivity index (χ0n) is 19.2. The lowest BCUT2D eigenvalue weighted by Gasteiger charge is -2.19. The van der Waals surface area contributed by atoms with Gasteiger partial charge in [0, 0.05) is 25.2 Å². The molecule has 1 fully saturated rings. The van der Waals surface area contributed by atoms with E-state index in [2.05, 4.69) is 25.7 Å². The van der Waals surface area contributed by atoms with Gasteiger partial charge in [0.05, 0.1) is 25.2 Å². The summed E-state index contributed by atoms with van der Waals surface area (Å²) in [6.07, 6.45) is 1.67. The lowest BCUT2D eigenvalue weighted by Crippen LogP contribution is -2.38. The highest BCUT2D eigenvalue weighted by Gasteiger charge is 2.49. The Labute approximate surface area is 197 Å². The molecule has 184 valence electrons. The zero-order valence-corrected chi connectivity index (χ0v) is 19.2. The van der Waals surface area contributed by atoms with Gasteiger partial charge in [0.15, 0.2) is 0 Å². The highest BCUT2D eigenvalue weighted by molar-refractivity contribution is 5.89. The molecule has 0 aliphatic carbocycles. The minimum atomic E-state index is -3.14. The van der Waals surface area contributed by atoms with Crippen molar-refractivity contribution in [1.82, 2.24) is 34.5 Å². The maximum Gasteiger partial charge on any atom is 0.286 e. The van der Waals surface area contributed by atoms with Crippen LogP contribution in [0.25, 0.3) is 27.7 Å². The van der Waals surface area contributed by atoms with E-state index in [0.717, 1.165) is 16.0 Å². The third kappa shape index (κ3) is 3.90. The van der Waals surface area contributed by atoms with E-state index in [1.54, 1.807) is 25.3 Å². The fraction of sp³-hybridized carbons (Fsp3) is 0.409. The molecule has 2 atom stereocenters. The van der Waals surface area contributed by atoms with Crippen LogP contribution in [0.5, 0.6) is 5.88 Å². The molecule has 1 aliphatic rings. The molecule has 1 N–H and O–H groups in total. The van der Waals surface area contributed by atoms with Gasteiger partial charge in [-0.05, 0) is 30.7 Å². The number of alkyl halides is 3. The fourth-order valence-corrected chi connectivity index (χ4v) is 4.25. The van der Waals surface area contributed by atoms with Crippen LogP contribution in [0.4, 0.5) is 19.1 Å². The predicted molar refractivity (Wildman–Crippen MR) is 121 cm³/mol. The number of likely N-dealkylation sites (tertiary alicyclic amines) is 1. The van der Waals surface area contributed by atoms with Crippen LogP contribution in [0.3, 0.4) is 0 Å². The number of ether oxygens (including phenoxy) is 1. The number of carbonyl (C=O) groups excluding carboxylic acids is 1. The number of benzene rings is 1. The summed E-state index contributed by atoms with van der Waals surface area (Å²) in [5.41, 5.74) is 3.33. The van der Waals surface area contributed by atoms with Crippen LogP contribution in [0.15, 0.2) is 30.5 Å². The third-order valence-electron chi connectivity index (χ3n) is 6.16. The molecule has 10 nitrogen and oxygen atoms in total. The summed E-state index contributed by atoms with van der Waals surface area (Å²) in [6.45, 7) is 1.55. The molecule has 0 unspecified atom stereocenters. The molecular weight excluding hydrogens is 465 g/mol. The summed E-state index contributed by atoms with van der Waals surface area (Å²) in [5, 5.41) is 15.1. The molecule has 1 aromatic carbocycles. The van der Waals surface area contributed by atoms with E-state index in [4.69, 9.17) is 4.74 Å². The summed E-state index contributed by atoms with van der Waals surface area (Å²) in [5.74, 6) is -3.44. The summed E-state index contributed by atoms with van der Waals surface area (Å²) >= 11 is 0. The van der Waals surface area contributed by atoms with Gasteiger partial charge in [0.2, 0.25) is 17.7 Å². The number of aromatic nitrogens is 6. The number of nitrogens with one attached hydrogen (secondary N) is 1. The summed E-state index contributed by atoms with van der Waals surface area (Å²) in [7, 11) is 1.43. The zero-order chi connectivity index (χ0) is 24.9. The number of anilines is 1. The molecule has 0 radical (unpaired) electrons. The van der Waals surface area contributed by atoms with E-state index in [-0.39, 0.29) is 18.4 Å². The molecule has 0 spiro atoms. The van der Waals surface area contributed by atoms with Crippen LogP contribution in [0, 0.1) is 0 Å². The summed E-state index contributed by atoms with van der Waals surface area (Å²) < 4.78 is 50.7. The molecule has 1 amide bonds. The van der Waals surface area contributed by atoms with Crippen molar-refractivity contribution in [1.29, 1.82) is 0 Å². The number of rotatable bonds is 6. The topological polar surface area (TPSA) is 102 Å². The van der Waals surface area contributed by atoms with Gasteiger partial charge in [-0.25, -0.2) is 22.4 Å². The quantitative estimate of drug-likeness (QED) is 0.445. The lowest BCUT2D eigenvalue weighted by atomic mass is 10.1. The first-order valence-corrected chi connectivity index (χ1v) is 11.0. The number of hydrogen-bond acceptors (Lipinski definition) is 7. The molecule has 0 saturated carbocycles. The van der Waals surface area contributed by atoms with Gasteiger partial charge >= 0.3 is 0 Å². The van der Waals surface area contributed by atoms with Crippen molar-refractivity contribution in [2.45, 2.75) is 31.9 Å². The van der Waals surface area contributed by atoms with Crippen molar-refractivity contribution in [3.63, 3.8) is 0 Å². The molecular formula is C22H23F3N8O2. The molecule has 5 rings (SSSR count). The summed E-state index contributed by atoms with van der Waals surface area (Å²) in [4.78, 5) is 17.0. The molecule has 1 aliphatic heterocycles. The molecule has 4 aromatic rings. The van der Waals surface area contributed by atoms with Crippen LogP contribution >= 0.6 is 0 Å². The Kier molecular flexibility index (Phi) is 5.49. The Bertz CT molecular complexity index is 1420. The van der Waals surface area contributed by atoms with E-state index in [1.165, 1.54) is 23.2 Å².